The predicted molar refractivity (Wildman–Crippen MR) is 142 cm³/mol. The van der Waals surface area contributed by atoms with E-state index in [0.29, 0.717) is 17.7 Å². The lowest BCUT2D eigenvalue weighted by Crippen LogP contribution is -2.27. The molecule has 1 aliphatic heterocycles. The van der Waals surface area contributed by atoms with Crippen LogP contribution in [0.1, 0.15) is 39.5 Å². The predicted octanol–water partition coefficient (Wildman–Crippen LogP) is 5.40. The molecule has 7 heteroatoms. The first-order valence-electron chi connectivity index (χ1n) is 12.0. The van der Waals surface area contributed by atoms with Gasteiger partial charge in [0.05, 0.1) is 11.8 Å². The normalized spacial score (nSPS) is 14.7. The zero-order chi connectivity index (χ0) is 25.6. The standard InChI is InChI=1S/C30H26N4O3/c1-21-7-11-25(12-8-21)32-29(35)20-37-26-13-9-22(10-14-26)27-19-28(23-5-3-2-4-6-23)34(33-27)30(36)24-15-17-31-18-16-24/h2-18,28H,19-20H2,1H3,(H,32,35). The van der Waals surface area contributed by atoms with Crippen molar-refractivity contribution in [2.24, 2.45) is 5.10 Å². The molecule has 0 bridgehead atoms. The van der Waals surface area contributed by atoms with Crippen molar-refractivity contribution in [1.82, 2.24) is 9.99 Å². The Morgan fingerprint density at radius 1 is 0.919 bits per heavy atom. The molecule has 2 amide bonds. The molecule has 0 spiro atoms. The summed E-state index contributed by atoms with van der Waals surface area (Å²) in [7, 11) is 0. The summed E-state index contributed by atoms with van der Waals surface area (Å²) in [5.74, 6) is 0.167. The Hall–Kier alpha value is -4.78. The van der Waals surface area contributed by atoms with E-state index in [0.717, 1.165) is 28.1 Å². The van der Waals surface area contributed by atoms with E-state index in [1.807, 2.05) is 85.8 Å². The number of nitrogens with zero attached hydrogens (tertiary/aromatic N) is 3. The van der Waals surface area contributed by atoms with Crippen LogP contribution in [0, 0.1) is 6.92 Å². The van der Waals surface area contributed by atoms with Crippen LogP contribution >= 0.6 is 0 Å². The van der Waals surface area contributed by atoms with Gasteiger partial charge < -0.3 is 10.1 Å². The van der Waals surface area contributed by atoms with E-state index in [1.165, 1.54) is 0 Å². The average molecular weight is 491 g/mol. The fraction of sp³-hybridized carbons (Fsp3) is 0.133. The molecule has 1 atom stereocenters. The van der Waals surface area contributed by atoms with E-state index in [9.17, 15) is 9.59 Å². The van der Waals surface area contributed by atoms with E-state index in [1.54, 1.807) is 29.5 Å². The highest BCUT2D eigenvalue weighted by molar-refractivity contribution is 6.05. The Kier molecular flexibility index (Phi) is 7.03. The summed E-state index contributed by atoms with van der Waals surface area (Å²) in [5.41, 5.74) is 5.10. The Bertz CT molecular complexity index is 1400. The smallest absolute Gasteiger partial charge is 0.274 e. The van der Waals surface area contributed by atoms with Gasteiger partial charge in [-0.2, -0.15) is 5.10 Å². The van der Waals surface area contributed by atoms with Crippen molar-refractivity contribution >= 4 is 23.2 Å². The van der Waals surface area contributed by atoms with Crippen LogP contribution in [0.15, 0.2) is 108 Å². The second-order valence-corrected chi connectivity index (χ2v) is 8.79. The highest BCUT2D eigenvalue weighted by Crippen LogP contribution is 2.34. The summed E-state index contributed by atoms with van der Waals surface area (Å²) in [6.45, 7) is 1.90. The van der Waals surface area contributed by atoms with Gasteiger partial charge in [0.25, 0.3) is 11.8 Å². The van der Waals surface area contributed by atoms with Gasteiger partial charge in [-0.3, -0.25) is 14.6 Å². The fourth-order valence-electron chi connectivity index (χ4n) is 4.16. The molecule has 1 N–H and O–H groups in total. The van der Waals surface area contributed by atoms with Gasteiger partial charge in [0.15, 0.2) is 6.61 Å². The Balaban J connectivity index is 1.28. The van der Waals surface area contributed by atoms with Crippen molar-refractivity contribution in [2.75, 3.05) is 11.9 Å². The summed E-state index contributed by atoms with van der Waals surface area (Å²) < 4.78 is 5.67. The van der Waals surface area contributed by atoms with Crippen molar-refractivity contribution in [3.63, 3.8) is 0 Å². The lowest BCUT2D eigenvalue weighted by atomic mass is 9.98. The number of aryl methyl sites for hydroxylation is 1. The molecule has 5 rings (SSSR count). The third-order valence-corrected chi connectivity index (χ3v) is 6.12. The third kappa shape index (κ3) is 5.73. The molecular weight excluding hydrogens is 464 g/mol. The van der Waals surface area contributed by atoms with Crippen LogP contribution in [-0.2, 0) is 4.79 Å². The number of anilines is 1. The molecule has 0 radical (unpaired) electrons. The second kappa shape index (κ2) is 10.9. The highest BCUT2D eigenvalue weighted by atomic mass is 16.5. The quantitative estimate of drug-likeness (QED) is 0.376. The first-order chi connectivity index (χ1) is 18.1. The highest BCUT2D eigenvalue weighted by Gasteiger charge is 2.33. The number of hydrazone groups is 1. The van der Waals surface area contributed by atoms with Gasteiger partial charge in [0.2, 0.25) is 0 Å². The van der Waals surface area contributed by atoms with Crippen LogP contribution in [0.25, 0.3) is 0 Å². The number of carbonyl (C=O) groups excluding carboxylic acids is 2. The number of hydrogen-bond acceptors (Lipinski definition) is 5. The van der Waals surface area contributed by atoms with Crippen molar-refractivity contribution < 1.29 is 14.3 Å². The summed E-state index contributed by atoms with van der Waals surface area (Å²) in [4.78, 5) is 29.5. The topological polar surface area (TPSA) is 83.9 Å². The lowest BCUT2D eigenvalue weighted by molar-refractivity contribution is -0.118. The van der Waals surface area contributed by atoms with E-state index in [4.69, 9.17) is 9.84 Å². The molecule has 3 aromatic carbocycles. The van der Waals surface area contributed by atoms with Crippen molar-refractivity contribution in [1.29, 1.82) is 0 Å². The molecule has 37 heavy (non-hydrogen) atoms. The Labute approximate surface area is 215 Å². The maximum absolute atomic E-state index is 13.3. The molecule has 0 saturated heterocycles. The van der Waals surface area contributed by atoms with Gasteiger partial charge in [-0.25, -0.2) is 5.01 Å². The zero-order valence-electron chi connectivity index (χ0n) is 20.4. The molecule has 7 nitrogen and oxygen atoms in total. The number of ether oxygens (including phenoxy) is 1. The molecule has 0 saturated carbocycles. The largest absolute Gasteiger partial charge is 0.484 e. The molecule has 1 aromatic heterocycles. The average Bonchev–Trinajstić information content (AvgIpc) is 3.40. The lowest BCUT2D eigenvalue weighted by Gasteiger charge is -2.22. The third-order valence-electron chi connectivity index (χ3n) is 6.12. The van der Waals surface area contributed by atoms with Gasteiger partial charge >= 0.3 is 0 Å². The number of benzene rings is 3. The van der Waals surface area contributed by atoms with Crippen LogP contribution in [-0.4, -0.2) is 34.1 Å². The molecule has 4 aromatic rings. The minimum atomic E-state index is -0.232. The first kappa shape index (κ1) is 23.9. The SMILES string of the molecule is Cc1ccc(NC(=O)COc2ccc(C3=NN(C(=O)c4ccncc4)C(c4ccccc4)C3)cc2)cc1. The minimum absolute atomic E-state index is 0.0987. The number of hydrogen-bond donors (Lipinski definition) is 1. The van der Waals surface area contributed by atoms with E-state index in [2.05, 4.69) is 10.3 Å². The number of pyridine rings is 1. The fourth-order valence-corrected chi connectivity index (χ4v) is 4.16. The number of carbonyl (C=O) groups is 2. The summed E-state index contributed by atoms with van der Waals surface area (Å²) >= 11 is 0. The van der Waals surface area contributed by atoms with E-state index in [-0.39, 0.29) is 24.5 Å². The summed E-state index contributed by atoms with van der Waals surface area (Å²) in [5, 5.41) is 9.10. The number of rotatable bonds is 7. The van der Waals surface area contributed by atoms with Crippen molar-refractivity contribution in [3.8, 4) is 5.75 Å². The summed E-state index contributed by atoms with van der Waals surface area (Å²) in [6.07, 6.45) is 3.79. The molecule has 184 valence electrons. The molecule has 2 heterocycles. The monoisotopic (exact) mass is 490 g/mol. The van der Waals surface area contributed by atoms with Crippen molar-refractivity contribution in [3.05, 3.63) is 126 Å². The number of amides is 2. The van der Waals surface area contributed by atoms with Crippen LogP contribution in [0.5, 0.6) is 5.75 Å². The van der Waals surface area contributed by atoms with E-state index >= 15 is 0 Å². The molecule has 1 unspecified atom stereocenters. The zero-order valence-corrected chi connectivity index (χ0v) is 20.4. The van der Waals surface area contributed by atoms with Crippen LogP contribution in [0.4, 0.5) is 5.69 Å². The van der Waals surface area contributed by atoms with Gasteiger partial charge in [0.1, 0.15) is 5.75 Å². The van der Waals surface area contributed by atoms with Gasteiger partial charge in [-0.15, -0.1) is 0 Å². The number of nitrogens with one attached hydrogen (secondary N) is 1. The van der Waals surface area contributed by atoms with Crippen LogP contribution in [0.3, 0.4) is 0 Å². The first-order valence-corrected chi connectivity index (χ1v) is 12.0. The van der Waals surface area contributed by atoms with Crippen LogP contribution < -0.4 is 10.1 Å². The Morgan fingerprint density at radius 3 is 2.32 bits per heavy atom. The second-order valence-electron chi connectivity index (χ2n) is 8.79. The van der Waals surface area contributed by atoms with Gasteiger partial charge in [-0.05, 0) is 66.6 Å². The number of aromatic nitrogens is 1. The maximum Gasteiger partial charge on any atom is 0.274 e. The molecule has 1 aliphatic rings. The maximum atomic E-state index is 13.3. The van der Waals surface area contributed by atoms with Gasteiger partial charge in [-0.1, -0.05) is 48.0 Å². The van der Waals surface area contributed by atoms with Crippen molar-refractivity contribution in [2.45, 2.75) is 19.4 Å². The van der Waals surface area contributed by atoms with Crippen LogP contribution in [0.2, 0.25) is 0 Å². The molecule has 0 fully saturated rings. The Morgan fingerprint density at radius 2 is 1.62 bits per heavy atom. The molecular formula is C30H26N4O3. The van der Waals surface area contributed by atoms with E-state index < -0.39 is 0 Å². The summed E-state index contributed by atoms with van der Waals surface area (Å²) in [6, 6.07) is 28.1. The van der Waals surface area contributed by atoms with Gasteiger partial charge in [0, 0.05) is 30.1 Å². The minimum Gasteiger partial charge on any atom is -0.484 e. The molecule has 0 aliphatic carbocycles.